The number of imidazole rings is 1. The number of rotatable bonds is 2. The van der Waals surface area contributed by atoms with Crippen molar-refractivity contribution >= 4 is 11.6 Å². The molecule has 0 aliphatic carbocycles. The fraction of sp³-hybridized carbons (Fsp3) is 0.0625. The van der Waals surface area contributed by atoms with Crippen LogP contribution < -0.4 is 4.73 Å². The van der Waals surface area contributed by atoms with Gasteiger partial charge >= 0.3 is 5.82 Å². The summed E-state index contributed by atoms with van der Waals surface area (Å²) in [7, 11) is 0. The molecule has 2 aromatic carbocycles. The second-order valence-electron chi connectivity index (χ2n) is 4.71. The van der Waals surface area contributed by atoms with E-state index in [-0.39, 0.29) is 5.82 Å². The Kier molecular flexibility index (Phi) is 3.31. The molecule has 0 aliphatic rings. The molecule has 3 rings (SSSR count). The molecule has 1 heterocycles. The van der Waals surface area contributed by atoms with Gasteiger partial charge in [0.2, 0.25) is 5.69 Å². The Morgan fingerprint density at radius 3 is 2.33 bits per heavy atom. The molecule has 0 atom stereocenters. The highest BCUT2D eigenvalue weighted by atomic mass is 35.5. The number of hydrogen-bond acceptors (Lipinski definition) is 2. The summed E-state index contributed by atoms with van der Waals surface area (Å²) in [4.78, 5) is 0. The van der Waals surface area contributed by atoms with Gasteiger partial charge in [-0.15, -0.1) is 0 Å². The van der Waals surface area contributed by atoms with Crippen molar-refractivity contribution < 1.29 is 9.94 Å². The summed E-state index contributed by atoms with van der Waals surface area (Å²) in [6.45, 7) is 1.67. The summed E-state index contributed by atoms with van der Waals surface area (Å²) >= 11 is 6.13. The molecule has 0 unspecified atom stereocenters. The smallest absolute Gasteiger partial charge is 0.333 e. The van der Waals surface area contributed by atoms with Crippen LogP contribution in [0.4, 0.5) is 0 Å². The van der Waals surface area contributed by atoms with Crippen LogP contribution >= 0.6 is 11.6 Å². The first-order valence-corrected chi connectivity index (χ1v) is 6.83. The van der Waals surface area contributed by atoms with Crippen molar-refractivity contribution in [3.05, 3.63) is 70.5 Å². The molecule has 0 aliphatic heterocycles. The zero-order valence-electron chi connectivity index (χ0n) is 11.3. The molecule has 0 saturated carbocycles. The first-order chi connectivity index (χ1) is 10.1. The maximum Gasteiger partial charge on any atom is 0.333 e. The van der Waals surface area contributed by atoms with Crippen molar-refractivity contribution in [3.63, 3.8) is 0 Å². The van der Waals surface area contributed by atoms with Gasteiger partial charge in [-0.3, -0.25) is 0 Å². The quantitative estimate of drug-likeness (QED) is 0.446. The van der Waals surface area contributed by atoms with Crippen LogP contribution in [0.2, 0.25) is 5.02 Å². The molecule has 0 spiro atoms. The highest BCUT2D eigenvalue weighted by Crippen LogP contribution is 2.30. The van der Waals surface area contributed by atoms with Gasteiger partial charge in [-0.1, -0.05) is 54.1 Å². The van der Waals surface area contributed by atoms with Crippen LogP contribution in [0.5, 0.6) is 0 Å². The van der Waals surface area contributed by atoms with Crippen LogP contribution in [0.25, 0.3) is 22.6 Å². The van der Waals surface area contributed by atoms with Gasteiger partial charge in [0.1, 0.15) is 0 Å². The van der Waals surface area contributed by atoms with Gasteiger partial charge in [-0.05, 0) is 16.9 Å². The van der Waals surface area contributed by atoms with Crippen LogP contribution in [0.3, 0.4) is 0 Å². The van der Waals surface area contributed by atoms with Crippen LogP contribution in [0.1, 0.15) is 5.69 Å². The summed E-state index contributed by atoms with van der Waals surface area (Å²) in [6, 6.07) is 16.2. The average Bonchev–Trinajstić information content (AvgIpc) is 2.71. The van der Waals surface area contributed by atoms with E-state index in [1.165, 1.54) is 0 Å². The predicted molar refractivity (Wildman–Crippen MR) is 81.2 cm³/mol. The Morgan fingerprint density at radius 1 is 1.05 bits per heavy atom. The molecule has 4 nitrogen and oxygen atoms in total. The van der Waals surface area contributed by atoms with Crippen LogP contribution in [0.15, 0.2) is 54.6 Å². The Labute approximate surface area is 127 Å². The molecule has 1 aromatic heterocycles. The van der Waals surface area contributed by atoms with Gasteiger partial charge in [0.15, 0.2) is 5.69 Å². The number of benzene rings is 2. The van der Waals surface area contributed by atoms with E-state index in [0.29, 0.717) is 26.7 Å². The normalized spacial score (nSPS) is 10.8. The van der Waals surface area contributed by atoms with Crippen molar-refractivity contribution in [2.45, 2.75) is 6.92 Å². The van der Waals surface area contributed by atoms with E-state index in [0.717, 1.165) is 10.3 Å². The Morgan fingerprint density at radius 2 is 1.67 bits per heavy atom. The molecule has 1 N–H and O–H groups in total. The third kappa shape index (κ3) is 2.14. The molecular weight excluding hydrogens is 288 g/mol. The zero-order chi connectivity index (χ0) is 15.0. The number of hydrogen-bond donors (Lipinski definition) is 1. The standard InChI is InChI=1S/C16H13ClN2O2/c1-11-15(12-7-3-2-4-8-12)19(21)16(18(11)20)13-9-5-6-10-14(13)17/h2-10,21H,1H3. The second-order valence-corrected chi connectivity index (χ2v) is 5.12. The van der Waals surface area contributed by atoms with Crippen molar-refractivity contribution in [1.82, 2.24) is 4.73 Å². The van der Waals surface area contributed by atoms with E-state index in [1.807, 2.05) is 30.3 Å². The lowest BCUT2D eigenvalue weighted by atomic mass is 10.1. The highest BCUT2D eigenvalue weighted by Gasteiger charge is 2.28. The van der Waals surface area contributed by atoms with Gasteiger partial charge in [-0.25, -0.2) is 4.73 Å². The fourth-order valence-corrected chi connectivity index (χ4v) is 2.61. The van der Waals surface area contributed by atoms with Gasteiger partial charge in [0, 0.05) is 12.5 Å². The van der Waals surface area contributed by atoms with E-state index in [4.69, 9.17) is 11.6 Å². The minimum atomic E-state index is 0.108. The van der Waals surface area contributed by atoms with E-state index in [1.54, 1.807) is 31.2 Å². The molecule has 21 heavy (non-hydrogen) atoms. The van der Waals surface area contributed by atoms with E-state index >= 15 is 0 Å². The summed E-state index contributed by atoms with van der Waals surface area (Å²) in [5, 5.41) is 23.3. The van der Waals surface area contributed by atoms with Gasteiger partial charge in [0.25, 0.3) is 0 Å². The third-order valence-corrected chi connectivity index (χ3v) is 3.74. The Balaban J connectivity index is 2.28. The summed E-state index contributed by atoms with van der Waals surface area (Å²) in [6.07, 6.45) is 0. The topological polar surface area (TPSA) is 52.1 Å². The molecule has 5 heteroatoms. The molecule has 0 fully saturated rings. The number of aromatic nitrogens is 2. The summed E-state index contributed by atoms with van der Waals surface area (Å²) in [5.74, 6) is 0.108. The minimum absolute atomic E-state index is 0.108. The van der Waals surface area contributed by atoms with Crippen molar-refractivity contribution in [2.24, 2.45) is 0 Å². The van der Waals surface area contributed by atoms with E-state index < -0.39 is 0 Å². The Bertz CT molecular complexity index is 798. The highest BCUT2D eigenvalue weighted by molar-refractivity contribution is 6.33. The molecule has 106 valence electrons. The molecular formula is C16H13ClN2O2. The van der Waals surface area contributed by atoms with Gasteiger partial charge < -0.3 is 10.4 Å². The Hall–Kier alpha value is -2.46. The maximum absolute atomic E-state index is 12.4. The minimum Gasteiger partial charge on any atom is -0.710 e. The van der Waals surface area contributed by atoms with E-state index in [9.17, 15) is 10.4 Å². The second kappa shape index (κ2) is 5.14. The lowest BCUT2D eigenvalue weighted by molar-refractivity contribution is -0.600. The summed E-state index contributed by atoms with van der Waals surface area (Å²) in [5.41, 5.74) is 2.13. The lowest BCUT2D eigenvalue weighted by Gasteiger charge is -2.04. The first kappa shape index (κ1) is 13.5. The lowest BCUT2D eigenvalue weighted by Crippen LogP contribution is -2.30. The van der Waals surface area contributed by atoms with Crippen LogP contribution in [-0.4, -0.2) is 9.94 Å². The van der Waals surface area contributed by atoms with Crippen LogP contribution in [-0.2, 0) is 0 Å². The van der Waals surface area contributed by atoms with Crippen LogP contribution in [0, 0.1) is 12.1 Å². The molecule has 0 amide bonds. The van der Waals surface area contributed by atoms with Gasteiger partial charge in [-0.2, -0.15) is 0 Å². The average molecular weight is 301 g/mol. The maximum atomic E-state index is 12.4. The SMILES string of the molecule is Cc1c(-c2ccccc2)n(O)c(-c2ccccc2Cl)[n+]1[O-]. The largest absolute Gasteiger partial charge is 0.710 e. The van der Waals surface area contributed by atoms with Crippen molar-refractivity contribution in [2.75, 3.05) is 0 Å². The fourth-order valence-electron chi connectivity index (χ4n) is 2.39. The zero-order valence-corrected chi connectivity index (χ0v) is 12.1. The molecule has 3 aromatic rings. The first-order valence-electron chi connectivity index (χ1n) is 6.45. The third-order valence-electron chi connectivity index (χ3n) is 3.41. The summed E-state index contributed by atoms with van der Waals surface area (Å²) < 4.78 is 1.60. The molecule has 0 saturated heterocycles. The van der Waals surface area contributed by atoms with Gasteiger partial charge in [0.05, 0.1) is 10.6 Å². The van der Waals surface area contributed by atoms with E-state index in [2.05, 4.69) is 0 Å². The number of halogens is 1. The predicted octanol–water partition coefficient (Wildman–Crippen LogP) is 3.65. The number of nitrogens with zero attached hydrogens (tertiary/aromatic N) is 2. The van der Waals surface area contributed by atoms with Crippen molar-refractivity contribution in [1.29, 1.82) is 0 Å². The molecule has 0 radical (unpaired) electrons. The monoisotopic (exact) mass is 300 g/mol. The van der Waals surface area contributed by atoms with Crippen molar-refractivity contribution in [3.8, 4) is 22.6 Å². The molecule has 0 bridgehead atoms.